The number of ether oxygens (including phenoxy) is 1. The van der Waals surface area contributed by atoms with E-state index in [2.05, 4.69) is 30.8 Å². The van der Waals surface area contributed by atoms with Gasteiger partial charge in [-0.3, -0.25) is 20.3 Å². The number of halogens is 4. The minimum atomic E-state index is -1.47. The number of fused-ring (bicyclic) bond motifs is 3. The van der Waals surface area contributed by atoms with Crippen LogP contribution in [0, 0.1) is 23.0 Å². The quantitative estimate of drug-likeness (QED) is 0.184. The zero-order valence-corrected chi connectivity index (χ0v) is 28.2. The van der Waals surface area contributed by atoms with E-state index >= 15 is 8.78 Å². The Morgan fingerprint density at radius 2 is 2.04 bits per heavy atom. The highest BCUT2D eigenvalue weighted by Crippen LogP contribution is 2.47. The number of nitriles is 1. The number of piperidine rings is 1. The van der Waals surface area contributed by atoms with Gasteiger partial charge in [0.05, 0.1) is 27.4 Å². The average Bonchev–Trinajstić information content (AvgIpc) is 3.80. The number of carbonyl (C=O) groups excluding carboxylic acids is 2. The largest absolute Gasteiger partial charge is 0.465 e. The molecule has 2 aromatic carbocycles. The molecule has 6 heterocycles. The molecule has 0 unspecified atom stereocenters. The molecule has 4 saturated heterocycles. The Morgan fingerprint density at radius 3 is 2.78 bits per heavy atom. The Balaban J connectivity index is 1.29. The summed E-state index contributed by atoms with van der Waals surface area (Å²) in [6.07, 6.45) is 0.171. The molecule has 0 bridgehead atoms. The highest BCUT2D eigenvalue weighted by Gasteiger charge is 2.50. The molecule has 51 heavy (non-hydrogen) atoms. The number of carbonyl (C=O) groups is 3. The number of benzene rings is 2. The van der Waals surface area contributed by atoms with Crippen LogP contribution in [-0.2, 0) is 4.79 Å². The van der Waals surface area contributed by atoms with Crippen molar-refractivity contribution in [3.63, 3.8) is 0 Å². The molecular weight excluding hydrogens is 713 g/mol. The van der Waals surface area contributed by atoms with Crippen LogP contribution in [0.4, 0.5) is 33.6 Å². The van der Waals surface area contributed by atoms with E-state index in [0.29, 0.717) is 37.1 Å². The van der Waals surface area contributed by atoms with Crippen LogP contribution in [0.2, 0.25) is 5.02 Å². The summed E-state index contributed by atoms with van der Waals surface area (Å²) in [5, 5.41) is 26.3. The van der Waals surface area contributed by atoms with Gasteiger partial charge in [-0.05, 0) is 49.9 Å². The summed E-state index contributed by atoms with van der Waals surface area (Å²) in [5.74, 6) is -2.03. The number of thiophene rings is 1. The van der Waals surface area contributed by atoms with Gasteiger partial charge in [-0.15, -0.1) is 11.3 Å². The van der Waals surface area contributed by atoms with E-state index in [4.69, 9.17) is 16.3 Å². The first-order valence-electron chi connectivity index (χ1n) is 16.2. The second-order valence-electron chi connectivity index (χ2n) is 13.3. The van der Waals surface area contributed by atoms with Gasteiger partial charge < -0.3 is 20.1 Å². The number of rotatable bonds is 6. The van der Waals surface area contributed by atoms with E-state index in [-0.39, 0.29) is 85.6 Å². The fourth-order valence-electron chi connectivity index (χ4n) is 8.08. The molecule has 3 atom stereocenters. The van der Waals surface area contributed by atoms with Crippen molar-refractivity contribution >= 4 is 72.8 Å². The Morgan fingerprint density at radius 1 is 1.24 bits per heavy atom. The van der Waals surface area contributed by atoms with Gasteiger partial charge in [-0.1, -0.05) is 17.7 Å². The van der Waals surface area contributed by atoms with Crippen LogP contribution >= 0.6 is 22.9 Å². The van der Waals surface area contributed by atoms with Crippen LogP contribution < -0.4 is 25.6 Å². The number of hydrogen-bond donors (Lipinski definition) is 4. The summed E-state index contributed by atoms with van der Waals surface area (Å²) < 4.78 is 52.9. The van der Waals surface area contributed by atoms with Crippen molar-refractivity contribution in [3.05, 3.63) is 40.4 Å². The van der Waals surface area contributed by atoms with Crippen molar-refractivity contribution in [2.75, 3.05) is 43.0 Å². The van der Waals surface area contributed by atoms with Gasteiger partial charge in [0.15, 0.2) is 5.82 Å². The molecule has 8 rings (SSSR count). The lowest BCUT2D eigenvalue weighted by Crippen LogP contribution is -2.58. The van der Waals surface area contributed by atoms with Crippen molar-refractivity contribution in [2.24, 2.45) is 0 Å². The van der Waals surface area contributed by atoms with Crippen molar-refractivity contribution in [2.45, 2.75) is 49.4 Å². The first-order valence-corrected chi connectivity index (χ1v) is 17.4. The monoisotopic (exact) mass is 740 g/mol. The normalized spacial score (nSPS) is 24.6. The highest BCUT2D eigenvalue weighted by molar-refractivity contribution is 7.23. The molecule has 18 heteroatoms. The molecule has 4 fully saturated rings. The molecule has 13 nitrogen and oxygen atoms in total. The first-order chi connectivity index (χ1) is 24.4. The summed E-state index contributed by atoms with van der Waals surface area (Å²) in [4.78, 5) is 49.4. The minimum Gasteiger partial charge on any atom is -0.465 e. The third-order valence-corrected chi connectivity index (χ3v) is 11.7. The van der Waals surface area contributed by atoms with E-state index in [1.807, 2.05) is 6.07 Å². The molecule has 0 radical (unpaired) electrons. The van der Waals surface area contributed by atoms with Gasteiger partial charge in [-0.25, -0.2) is 22.8 Å². The Bertz CT molecular complexity index is 2230. The molecule has 0 saturated carbocycles. The molecule has 4 N–H and O–H groups in total. The molecule has 1 spiro atoms. The van der Waals surface area contributed by atoms with Crippen LogP contribution in [0.15, 0.2) is 18.2 Å². The maximum Gasteiger partial charge on any atom is 0.409 e. The Hall–Kier alpha value is -4.92. The van der Waals surface area contributed by atoms with Gasteiger partial charge in [0, 0.05) is 35.8 Å². The van der Waals surface area contributed by atoms with Crippen LogP contribution in [0.5, 0.6) is 6.01 Å². The number of imide groups is 1. The molecule has 4 aromatic rings. The van der Waals surface area contributed by atoms with E-state index in [9.17, 15) is 29.1 Å². The predicted molar refractivity (Wildman–Crippen MR) is 181 cm³/mol. The van der Waals surface area contributed by atoms with E-state index in [0.717, 1.165) is 19.0 Å². The molecular formula is C33H28ClF3N8O5S. The first kappa shape index (κ1) is 33.2. The SMILES string of the molecule is N#Cc1c(NC(=O)O)sc2c(F)ccc(-c3c(Cl)cc4c(N5CCC[C@]6(C5)NC(=O)NC6=O)nc(OC[C@@]56CCCN5C[C@H](F)C6)nc4c3F)c12. The van der Waals surface area contributed by atoms with Gasteiger partial charge in [0.1, 0.15) is 46.5 Å². The van der Waals surface area contributed by atoms with Gasteiger partial charge in [0.25, 0.3) is 5.91 Å². The maximum absolute atomic E-state index is 17.1. The minimum absolute atomic E-state index is 0.00324. The second kappa shape index (κ2) is 12.1. The Kier molecular flexibility index (Phi) is 7.89. The topological polar surface area (TPSA) is 173 Å². The van der Waals surface area contributed by atoms with Crippen molar-refractivity contribution < 1.29 is 37.4 Å². The van der Waals surface area contributed by atoms with Crippen LogP contribution in [-0.4, -0.2) is 88.0 Å². The van der Waals surface area contributed by atoms with Crippen LogP contribution in [0.1, 0.15) is 37.7 Å². The molecule has 264 valence electrons. The number of amides is 4. The number of carboxylic acid groups (broad SMARTS) is 1. The van der Waals surface area contributed by atoms with Gasteiger partial charge in [-0.2, -0.15) is 15.2 Å². The lowest BCUT2D eigenvalue weighted by molar-refractivity contribution is -0.124. The van der Waals surface area contributed by atoms with E-state index in [1.54, 1.807) is 4.90 Å². The van der Waals surface area contributed by atoms with Crippen molar-refractivity contribution in [1.29, 1.82) is 5.26 Å². The summed E-state index contributed by atoms with van der Waals surface area (Å²) in [6, 6.07) is 4.81. The van der Waals surface area contributed by atoms with E-state index < -0.39 is 46.9 Å². The lowest BCUT2D eigenvalue weighted by atomic mass is 9.89. The third kappa shape index (κ3) is 5.35. The average molecular weight is 741 g/mol. The third-order valence-electron chi connectivity index (χ3n) is 10.3. The summed E-state index contributed by atoms with van der Waals surface area (Å²) in [5.41, 5.74) is -2.49. The fraction of sp³-hybridized carbons (Fsp3) is 0.394. The number of aromatic nitrogens is 2. The predicted octanol–water partition coefficient (Wildman–Crippen LogP) is 5.54. The number of nitrogens with zero attached hydrogens (tertiary/aromatic N) is 5. The lowest BCUT2D eigenvalue weighted by Gasteiger charge is -2.39. The Labute approximate surface area is 296 Å². The summed E-state index contributed by atoms with van der Waals surface area (Å²) in [6.45, 7) is 1.42. The zero-order valence-electron chi connectivity index (χ0n) is 26.6. The molecule has 0 aliphatic carbocycles. The number of nitrogens with one attached hydrogen (secondary N) is 3. The van der Waals surface area contributed by atoms with Crippen LogP contribution in [0.3, 0.4) is 0 Å². The van der Waals surface area contributed by atoms with Gasteiger partial charge >= 0.3 is 18.1 Å². The summed E-state index contributed by atoms with van der Waals surface area (Å²) >= 11 is 7.50. The number of hydrogen-bond acceptors (Lipinski definition) is 10. The van der Waals surface area contributed by atoms with E-state index in [1.165, 1.54) is 12.1 Å². The molecule has 4 aliphatic heterocycles. The maximum atomic E-state index is 17.1. The number of anilines is 2. The molecule has 4 aliphatic rings. The standard InChI is InChI=1S/C33H28ClF3N8O5S/c34-19-9-17-24(23(37)22(19)16-3-4-20(36)25-21(16)18(11-38)27(51-25)41-31(48)49)39-30(50-14-32-5-1-8-45(32)12-15(35)10-32)40-26(17)44-7-2-6-33(13-44)28(46)42-29(47)43-33/h3-4,9,15,41H,1-2,5-8,10,12-14H2,(H,48,49)(H2,42,43,46,47)/t15-,32+,33-/m1/s1. The van der Waals surface area contributed by atoms with Gasteiger partial charge in [0.2, 0.25) is 0 Å². The summed E-state index contributed by atoms with van der Waals surface area (Å²) in [7, 11) is 0. The highest BCUT2D eigenvalue weighted by atomic mass is 35.5. The molecule has 2 aromatic heterocycles. The van der Waals surface area contributed by atoms with Crippen molar-refractivity contribution in [3.8, 4) is 23.2 Å². The fourth-order valence-corrected chi connectivity index (χ4v) is 9.45. The smallest absolute Gasteiger partial charge is 0.409 e. The number of urea groups is 1. The molecule has 4 amide bonds. The number of alkyl halides is 1. The van der Waals surface area contributed by atoms with Crippen LogP contribution in [0.25, 0.3) is 32.1 Å². The van der Waals surface area contributed by atoms with Crippen molar-refractivity contribution in [1.82, 2.24) is 25.5 Å². The zero-order chi connectivity index (χ0) is 35.8. The second-order valence-corrected chi connectivity index (χ2v) is 14.7.